The highest BCUT2D eigenvalue weighted by atomic mass is 31.2. The van der Waals surface area contributed by atoms with Gasteiger partial charge in [-0.3, -0.25) is 23.4 Å². The van der Waals surface area contributed by atoms with Gasteiger partial charge in [0.1, 0.15) is 12.7 Å². The average molecular weight is 999 g/mol. The smallest absolute Gasteiger partial charge is 0.462 e. The van der Waals surface area contributed by atoms with Crippen molar-refractivity contribution in [1.82, 2.24) is 0 Å². The van der Waals surface area contributed by atoms with Crippen molar-refractivity contribution >= 4 is 25.7 Å². The van der Waals surface area contributed by atoms with Crippen LogP contribution in [-0.4, -0.2) is 66.5 Å². The van der Waals surface area contributed by atoms with Crippen LogP contribution in [0.5, 0.6) is 0 Å². The van der Waals surface area contributed by atoms with E-state index < -0.39 is 57.8 Å². The van der Waals surface area contributed by atoms with Gasteiger partial charge in [0, 0.05) is 19.3 Å². The molecule has 398 valence electrons. The van der Waals surface area contributed by atoms with E-state index in [0.717, 1.165) is 122 Å². The summed E-state index contributed by atoms with van der Waals surface area (Å²) in [6, 6.07) is 0. The molecule has 0 amide bonds. The summed E-state index contributed by atoms with van der Waals surface area (Å²) in [4.78, 5) is 48.4. The first-order valence-corrected chi connectivity index (χ1v) is 28.3. The summed E-state index contributed by atoms with van der Waals surface area (Å²) in [6.45, 7) is 4.26. The van der Waals surface area contributed by atoms with Gasteiger partial charge in [0.15, 0.2) is 6.10 Å². The molecule has 0 saturated carbocycles. The first-order chi connectivity index (χ1) is 34.2. The number of phosphoric ester groups is 1. The lowest BCUT2D eigenvalue weighted by molar-refractivity contribution is -0.161. The maximum Gasteiger partial charge on any atom is 0.472 e. The molecule has 0 aliphatic carbocycles. The van der Waals surface area contributed by atoms with Gasteiger partial charge in [0.25, 0.3) is 0 Å². The largest absolute Gasteiger partial charge is 0.472 e. The minimum Gasteiger partial charge on any atom is -0.462 e. The molecule has 0 aromatic heterocycles. The van der Waals surface area contributed by atoms with Crippen LogP contribution in [0.4, 0.5) is 0 Å². The van der Waals surface area contributed by atoms with Crippen molar-refractivity contribution in [1.29, 1.82) is 0 Å². The number of phosphoric acid groups is 1. The Hall–Kier alpha value is -3.86. The number of aliphatic hydroxyl groups is 1. The maximum atomic E-state index is 12.9. The minimum atomic E-state index is -4.77. The first kappa shape index (κ1) is 66.1. The standard InChI is InChI=1S/C58H95O11P/c1-4-7-10-13-16-19-22-25-27-30-32-35-38-41-44-47-56(60)65-51-55(69-58(62)49-46-43-40-37-34-31-28-26-23-20-17-14-11-8-5-2)53-67-70(63,64)66-52-54(50-59)68-57(61)48-45-42-39-36-33-29-24-21-18-15-12-9-6-3/h7,9-10,12,16-21,25-29,32-33,35,54-55,59H,4-6,8,11,13-15,22-24,30-31,34,36-53H2,1-3H3,(H,63,64)/b10-7-,12-9-,19-16-,20-17-,21-18-,27-25-,28-26-,33-29-,35-32-. The van der Waals surface area contributed by atoms with Crippen LogP contribution in [0, 0.1) is 0 Å². The molecule has 12 heteroatoms. The van der Waals surface area contributed by atoms with Crippen molar-refractivity contribution in [3.05, 3.63) is 109 Å². The molecule has 0 heterocycles. The quantitative estimate of drug-likeness (QED) is 0.0197. The molecule has 11 nitrogen and oxygen atoms in total. The Kier molecular flexibility index (Phi) is 48.7. The second kappa shape index (κ2) is 51.5. The molecular weight excluding hydrogens is 904 g/mol. The summed E-state index contributed by atoms with van der Waals surface area (Å²) >= 11 is 0. The van der Waals surface area contributed by atoms with Crippen molar-refractivity contribution in [3.63, 3.8) is 0 Å². The molecule has 3 atom stereocenters. The number of hydrogen-bond acceptors (Lipinski definition) is 10. The van der Waals surface area contributed by atoms with E-state index in [0.29, 0.717) is 19.3 Å². The molecular formula is C58H95O11P. The second-order valence-corrected chi connectivity index (χ2v) is 18.7. The maximum absolute atomic E-state index is 12.9. The number of allylic oxidation sites excluding steroid dienone is 18. The van der Waals surface area contributed by atoms with Gasteiger partial charge in [0.05, 0.1) is 19.8 Å². The Morgan fingerprint density at radius 1 is 0.414 bits per heavy atom. The molecule has 0 rings (SSSR count). The van der Waals surface area contributed by atoms with E-state index in [2.05, 4.69) is 130 Å². The van der Waals surface area contributed by atoms with Crippen LogP contribution in [0.15, 0.2) is 109 Å². The fraction of sp³-hybridized carbons (Fsp3) is 0.638. The zero-order chi connectivity index (χ0) is 51.3. The first-order valence-electron chi connectivity index (χ1n) is 26.8. The number of unbranched alkanes of at least 4 members (excludes halogenated alkanes) is 13. The van der Waals surface area contributed by atoms with Crippen molar-refractivity contribution in [2.75, 3.05) is 26.4 Å². The van der Waals surface area contributed by atoms with E-state index >= 15 is 0 Å². The topological polar surface area (TPSA) is 155 Å². The monoisotopic (exact) mass is 999 g/mol. The van der Waals surface area contributed by atoms with E-state index in [1.807, 2.05) is 0 Å². The number of carbonyl (C=O) groups is 3. The van der Waals surface area contributed by atoms with E-state index in [4.69, 9.17) is 23.3 Å². The molecule has 0 saturated heterocycles. The van der Waals surface area contributed by atoms with Crippen LogP contribution in [0.25, 0.3) is 0 Å². The van der Waals surface area contributed by atoms with Crippen LogP contribution in [0.3, 0.4) is 0 Å². The van der Waals surface area contributed by atoms with Gasteiger partial charge in [-0.25, -0.2) is 4.57 Å². The number of carbonyl (C=O) groups excluding carboxylic acids is 3. The number of ether oxygens (including phenoxy) is 3. The van der Waals surface area contributed by atoms with E-state index in [9.17, 15) is 28.9 Å². The predicted molar refractivity (Wildman–Crippen MR) is 288 cm³/mol. The highest BCUT2D eigenvalue weighted by Gasteiger charge is 2.28. The molecule has 0 bridgehead atoms. The molecule has 3 unspecified atom stereocenters. The molecule has 0 aliphatic rings. The Morgan fingerprint density at radius 2 is 0.743 bits per heavy atom. The van der Waals surface area contributed by atoms with Gasteiger partial charge in [-0.15, -0.1) is 0 Å². The van der Waals surface area contributed by atoms with Crippen LogP contribution in [-0.2, 0) is 42.2 Å². The minimum absolute atomic E-state index is 0.133. The van der Waals surface area contributed by atoms with E-state index in [1.54, 1.807) is 0 Å². The Balaban J connectivity index is 4.87. The summed E-state index contributed by atoms with van der Waals surface area (Å²) in [7, 11) is -4.77. The molecule has 0 aromatic carbocycles. The van der Waals surface area contributed by atoms with Crippen molar-refractivity contribution in [2.24, 2.45) is 0 Å². The van der Waals surface area contributed by atoms with E-state index in [1.165, 1.54) is 19.3 Å². The van der Waals surface area contributed by atoms with Crippen LogP contribution in [0.2, 0.25) is 0 Å². The molecule has 0 aliphatic heterocycles. The second-order valence-electron chi connectivity index (χ2n) is 17.3. The fourth-order valence-electron chi connectivity index (χ4n) is 6.62. The normalized spacial score (nSPS) is 14.3. The third-order valence-electron chi connectivity index (χ3n) is 10.7. The van der Waals surface area contributed by atoms with Gasteiger partial charge in [-0.1, -0.05) is 169 Å². The van der Waals surface area contributed by atoms with Gasteiger partial charge < -0.3 is 24.2 Å². The molecule has 70 heavy (non-hydrogen) atoms. The lowest BCUT2D eigenvalue weighted by Crippen LogP contribution is -2.30. The Bertz CT molecular complexity index is 1590. The zero-order valence-electron chi connectivity index (χ0n) is 43.7. The fourth-order valence-corrected chi connectivity index (χ4v) is 7.41. The third kappa shape index (κ3) is 49.1. The summed E-state index contributed by atoms with van der Waals surface area (Å²) < 4.78 is 39.3. The lowest BCUT2D eigenvalue weighted by atomic mass is 10.1. The highest BCUT2D eigenvalue weighted by molar-refractivity contribution is 7.47. The number of aliphatic hydroxyl groups excluding tert-OH is 1. The molecule has 0 spiro atoms. The summed E-state index contributed by atoms with van der Waals surface area (Å²) in [5, 5.41) is 9.78. The SMILES string of the molecule is CC/C=C\C/C=C\C/C=C\C/C=C\CCCCC(=O)OCC(COP(=O)(O)OCC(CO)OC(=O)CCCCC/C=C\C/C=C\C/C=C\CC)OC(=O)CCCCCCC/C=C\C/C=C\CCCCC. The van der Waals surface area contributed by atoms with E-state index in [-0.39, 0.29) is 25.9 Å². The molecule has 0 fully saturated rings. The zero-order valence-corrected chi connectivity index (χ0v) is 44.6. The van der Waals surface area contributed by atoms with Gasteiger partial charge in [-0.05, 0) is 122 Å². The Labute approximate surface area is 425 Å². The van der Waals surface area contributed by atoms with Gasteiger partial charge in [-0.2, -0.15) is 0 Å². The van der Waals surface area contributed by atoms with Crippen LogP contribution >= 0.6 is 7.82 Å². The Morgan fingerprint density at radius 3 is 1.19 bits per heavy atom. The van der Waals surface area contributed by atoms with Crippen LogP contribution < -0.4 is 0 Å². The summed E-state index contributed by atoms with van der Waals surface area (Å²) in [5.41, 5.74) is 0. The number of hydrogen-bond donors (Lipinski definition) is 2. The van der Waals surface area contributed by atoms with Gasteiger partial charge in [0.2, 0.25) is 0 Å². The number of esters is 3. The highest BCUT2D eigenvalue weighted by Crippen LogP contribution is 2.43. The summed E-state index contributed by atoms with van der Waals surface area (Å²) in [5.74, 6) is -1.58. The van der Waals surface area contributed by atoms with Crippen molar-refractivity contribution in [3.8, 4) is 0 Å². The van der Waals surface area contributed by atoms with Crippen molar-refractivity contribution in [2.45, 2.75) is 213 Å². The third-order valence-corrected chi connectivity index (χ3v) is 11.6. The van der Waals surface area contributed by atoms with Crippen LogP contribution in [0.1, 0.15) is 201 Å². The molecule has 0 aromatic rings. The van der Waals surface area contributed by atoms with Gasteiger partial charge >= 0.3 is 25.7 Å². The lowest BCUT2D eigenvalue weighted by Gasteiger charge is -2.21. The molecule has 0 radical (unpaired) electrons. The molecule has 2 N–H and O–H groups in total. The average Bonchev–Trinajstić information content (AvgIpc) is 3.35. The summed E-state index contributed by atoms with van der Waals surface area (Å²) in [6.07, 6.45) is 60.6. The number of rotatable bonds is 48. The predicted octanol–water partition coefficient (Wildman–Crippen LogP) is 15.5. The van der Waals surface area contributed by atoms with Crippen molar-refractivity contribution < 1.29 is 52.2 Å².